The Morgan fingerprint density at radius 3 is 2.29 bits per heavy atom. The molecule has 0 aliphatic heterocycles. The van der Waals surface area contributed by atoms with Crippen LogP contribution < -0.4 is 5.73 Å². The SMILES string of the molecule is NC(C(=O)O)C12CC(c3ccc(Cl)cc3)(C1)C2. The van der Waals surface area contributed by atoms with E-state index in [2.05, 4.69) is 0 Å². The van der Waals surface area contributed by atoms with Gasteiger partial charge < -0.3 is 10.8 Å². The summed E-state index contributed by atoms with van der Waals surface area (Å²) in [6, 6.07) is 7.15. The van der Waals surface area contributed by atoms with Crippen LogP contribution in [0.2, 0.25) is 5.02 Å². The number of aliphatic carboxylic acids is 1. The van der Waals surface area contributed by atoms with Crippen molar-refractivity contribution in [3.05, 3.63) is 34.9 Å². The van der Waals surface area contributed by atoms with Gasteiger partial charge in [0.05, 0.1) is 0 Å². The molecule has 1 atom stereocenters. The van der Waals surface area contributed by atoms with Gasteiger partial charge in [0.25, 0.3) is 0 Å². The summed E-state index contributed by atoms with van der Waals surface area (Å²) in [6.45, 7) is 0. The number of benzene rings is 1. The minimum Gasteiger partial charge on any atom is -0.480 e. The Morgan fingerprint density at radius 1 is 1.29 bits per heavy atom. The van der Waals surface area contributed by atoms with Gasteiger partial charge in [-0.15, -0.1) is 0 Å². The van der Waals surface area contributed by atoms with Crippen molar-refractivity contribution in [1.82, 2.24) is 0 Å². The molecule has 1 aromatic rings. The molecule has 3 aliphatic carbocycles. The summed E-state index contributed by atoms with van der Waals surface area (Å²) < 4.78 is 0. The second-order valence-corrected chi connectivity index (χ2v) is 5.93. The van der Waals surface area contributed by atoms with Crippen molar-refractivity contribution in [2.75, 3.05) is 0 Å². The van der Waals surface area contributed by atoms with Gasteiger partial charge >= 0.3 is 5.97 Å². The molecule has 0 saturated heterocycles. The Balaban J connectivity index is 1.76. The van der Waals surface area contributed by atoms with Crippen LogP contribution in [0.3, 0.4) is 0 Å². The number of nitrogens with two attached hydrogens (primary N) is 1. The zero-order valence-corrected chi connectivity index (χ0v) is 10.1. The maximum Gasteiger partial charge on any atom is 0.321 e. The van der Waals surface area contributed by atoms with E-state index < -0.39 is 12.0 Å². The lowest BCUT2D eigenvalue weighted by Crippen LogP contribution is -2.72. The van der Waals surface area contributed by atoms with Crippen LogP contribution >= 0.6 is 11.6 Å². The Morgan fingerprint density at radius 2 is 1.82 bits per heavy atom. The van der Waals surface area contributed by atoms with Gasteiger partial charge in [0, 0.05) is 5.02 Å². The number of carboxylic acids is 1. The van der Waals surface area contributed by atoms with Crippen LogP contribution in [0.5, 0.6) is 0 Å². The molecule has 3 nitrogen and oxygen atoms in total. The first-order valence-corrected chi connectivity index (χ1v) is 6.10. The molecular formula is C13H14ClNO2. The number of hydrogen-bond donors (Lipinski definition) is 2. The summed E-state index contributed by atoms with van der Waals surface area (Å²) in [5.74, 6) is -0.880. The average molecular weight is 252 g/mol. The van der Waals surface area contributed by atoms with Gasteiger partial charge in [-0.25, -0.2) is 0 Å². The zero-order chi connectivity index (χ0) is 12.3. The van der Waals surface area contributed by atoms with Gasteiger partial charge in [0.15, 0.2) is 0 Å². The van der Waals surface area contributed by atoms with E-state index in [-0.39, 0.29) is 10.8 Å². The molecule has 90 valence electrons. The highest BCUT2D eigenvalue weighted by atomic mass is 35.5. The Hall–Kier alpha value is -1.06. The lowest BCUT2D eigenvalue weighted by Gasteiger charge is -2.72. The molecule has 3 N–H and O–H groups in total. The van der Waals surface area contributed by atoms with Gasteiger partial charge in [-0.2, -0.15) is 0 Å². The molecule has 3 saturated carbocycles. The summed E-state index contributed by atoms with van der Waals surface area (Å²) in [5.41, 5.74) is 7.03. The molecule has 1 unspecified atom stereocenters. The van der Waals surface area contributed by atoms with Crippen molar-refractivity contribution in [2.24, 2.45) is 11.1 Å². The van der Waals surface area contributed by atoms with Crippen molar-refractivity contribution >= 4 is 17.6 Å². The second-order valence-electron chi connectivity index (χ2n) is 5.50. The molecule has 0 spiro atoms. The lowest BCUT2D eigenvalue weighted by molar-refractivity contribution is -0.178. The molecule has 1 aromatic carbocycles. The first-order chi connectivity index (χ1) is 7.97. The summed E-state index contributed by atoms with van der Waals surface area (Å²) in [7, 11) is 0. The standard InChI is InChI=1S/C13H14ClNO2/c14-9-3-1-8(2-4-9)12-5-13(6-12,7-12)10(15)11(16)17/h1-4,10H,5-7,15H2,(H,16,17). The van der Waals surface area contributed by atoms with Crippen LogP contribution in [-0.4, -0.2) is 17.1 Å². The summed E-state index contributed by atoms with van der Waals surface area (Å²) in [6.07, 6.45) is 2.69. The number of carbonyl (C=O) groups is 1. The third-order valence-electron chi connectivity index (χ3n) is 4.45. The Bertz CT molecular complexity index is 463. The molecule has 17 heavy (non-hydrogen) atoms. The van der Waals surface area contributed by atoms with Crippen LogP contribution in [0.4, 0.5) is 0 Å². The normalized spacial score (nSPS) is 35.6. The van der Waals surface area contributed by atoms with Crippen molar-refractivity contribution in [2.45, 2.75) is 30.7 Å². The van der Waals surface area contributed by atoms with Crippen molar-refractivity contribution in [3.63, 3.8) is 0 Å². The molecule has 3 aliphatic rings. The fraction of sp³-hybridized carbons (Fsp3) is 0.462. The summed E-state index contributed by atoms with van der Waals surface area (Å²) in [4.78, 5) is 10.9. The molecule has 0 heterocycles. The fourth-order valence-corrected chi connectivity index (χ4v) is 3.69. The van der Waals surface area contributed by atoms with Crippen LogP contribution in [-0.2, 0) is 10.2 Å². The van der Waals surface area contributed by atoms with E-state index in [1.54, 1.807) is 0 Å². The highest BCUT2D eigenvalue weighted by Crippen LogP contribution is 2.74. The van der Waals surface area contributed by atoms with Crippen molar-refractivity contribution < 1.29 is 9.90 Å². The van der Waals surface area contributed by atoms with Gasteiger partial charge in [-0.1, -0.05) is 23.7 Å². The molecule has 0 radical (unpaired) electrons. The number of halogens is 1. The van der Waals surface area contributed by atoms with E-state index in [0.717, 1.165) is 24.3 Å². The van der Waals surface area contributed by atoms with Crippen LogP contribution in [0.15, 0.2) is 24.3 Å². The zero-order valence-electron chi connectivity index (χ0n) is 9.32. The van der Waals surface area contributed by atoms with Gasteiger partial charge in [-0.3, -0.25) is 4.79 Å². The maximum absolute atomic E-state index is 10.9. The average Bonchev–Trinajstić information content (AvgIpc) is 2.16. The van der Waals surface area contributed by atoms with Crippen molar-refractivity contribution in [1.29, 1.82) is 0 Å². The topological polar surface area (TPSA) is 63.3 Å². The van der Waals surface area contributed by atoms with Crippen LogP contribution in [0, 0.1) is 5.41 Å². The Labute approximate surface area is 105 Å². The molecule has 0 amide bonds. The smallest absolute Gasteiger partial charge is 0.321 e. The second kappa shape index (κ2) is 3.24. The third kappa shape index (κ3) is 1.36. The number of rotatable bonds is 3. The van der Waals surface area contributed by atoms with E-state index in [1.165, 1.54) is 5.56 Å². The highest BCUT2D eigenvalue weighted by molar-refractivity contribution is 6.30. The first-order valence-electron chi connectivity index (χ1n) is 5.72. The first kappa shape index (κ1) is 11.1. The highest BCUT2D eigenvalue weighted by Gasteiger charge is 2.71. The van der Waals surface area contributed by atoms with Gasteiger partial charge in [0.2, 0.25) is 0 Å². The predicted molar refractivity (Wildman–Crippen MR) is 65.0 cm³/mol. The summed E-state index contributed by atoms with van der Waals surface area (Å²) >= 11 is 5.86. The third-order valence-corrected chi connectivity index (χ3v) is 4.71. The molecular weight excluding hydrogens is 238 g/mol. The molecule has 0 aromatic heterocycles. The quantitative estimate of drug-likeness (QED) is 0.866. The Kier molecular flexibility index (Phi) is 2.11. The van der Waals surface area contributed by atoms with E-state index in [0.29, 0.717) is 0 Å². The monoisotopic (exact) mass is 251 g/mol. The van der Waals surface area contributed by atoms with E-state index in [4.69, 9.17) is 22.4 Å². The number of hydrogen-bond acceptors (Lipinski definition) is 2. The minimum absolute atomic E-state index is 0.147. The minimum atomic E-state index is -0.880. The van der Waals surface area contributed by atoms with E-state index in [9.17, 15) is 4.79 Å². The van der Waals surface area contributed by atoms with Crippen LogP contribution in [0.1, 0.15) is 24.8 Å². The molecule has 4 heteroatoms. The fourth-order valence-electron chi connectivity index (χ4n) is 3.57. The van der Waals surface area contributed by atoms with Gasteiger partial charge in [0.1, 0.15) is 6.04 Å². The largest absolute Gasteiger partial charge is 0.480 e. The van der Waals surface area contributed by atoms with Crippen LogP contribution in [0.25, 0.3) is 0 Å². The predicted octanol–water partition coefficient (Wildman–Crippen LogP) is 2.17. The van der Waals surface area contributed by atoms with Crippen molar-refractivity contribution in [3.8, 4) is 0 Å². The van der Waals surface area contributed by atoms with E-state index >= 15 is 0 Å². The molecule has 2 bridgehead atoms. The van der Waals surface area contributed by atoms with Gasteiger partial charge in [-0.05, 0) is 47.8 Å². The van der Waals surface area contributed by atoms with E-state index in [1.807, 2.05) is 24.3 Å². The molecule has 3 fully saturated rings. The molecule has 4 rings (SSSR count). The maximum atomic E-state index is 10.9. The lowest BCUT2D eigenvalue weighted by atomic mass is 9.31. The summed E-state index contributed by atoms with van der Waals surface area (Å²) in [5, 5.41) is 9.69. The number of carboxylic acid groups (broad SMARTS) is 1.